The minimum absolute atomic E-state index is 0.00512. The Morgan fingerprint density at radius 3 is 2.34 bits per heavy atom. The van der Waals surface area contributed by atoms with Gasteiger partial charge in [-0.3, -0.25) is 4.18 Å². The van der Waals surface area contributed by atoms with E-state index in [2.05, 4.69) is 27.7 Å². The average molecular weight is 587 g/mol. The number of benzene rings is 1. The Hall–Kier alpha value is -0.990. The maximum Gasteiger partial charge on any atom is 0.297 e. The van der Waals surface area contributed by atoms with E-state index in [9.17, 15) is 13.5 Å². The van der Waals surface area contributed by atoms with Crippen LogP contribution in [0.3, 0.4) is 0 Å². The summed E-state index contributed by atoms with van der Waals surface area (Å²) < 4.78 is 45.4. The number of ether oxygens (including phenoxy) is 2. The monoisotopic (exact) mass is 586 g/mol. The lowest BCUT2D eigenvalue weighted by Gasteiger charge is -2.62. The van der Waals surface area contributed by atoms with Crippen molar-refractivity contribution in [2.75, 3.05) is 6.61 Å². The lowest BCUT2D eigenvalue weighted by Crippen LogP contribution is -2.59. The van der Waals surface area contributed by atoms with E-state index >= 15 is 0 Å². The second-order valence-corrected chi connectivity index (χ2v) is 17.1. The third-order valence-electron chi connectivity index (χ3n) is 13.5. The Bertz CT molecular complexity index is 1250. The van der Waals surface area contributed by atoms with Gasteiger partial charge in [0.05, 0.1) is 29.8 Å². The molecule has 6 nitrogen and oxygen atoms in total. The second kappa shape index (κ2) is 9.76. The molecule has 7 heteroatoms. The SMILES string of the molecule is Cc1ccc(S(=O)(=O)O[C@H]2CC[C@@]3(C)[C@H](C2)[C@@H](O)C[C@@H]2[C@@H]3CC[C@]3(C)[C@@H]4[C@H](C[C@@H]23)O[C@]2(CC[C@@H](C)CO2)[C@H]4C)cc1. The van der Waals surface area contributed by atoms with Crippen LogP contribution in [0.4, 0.5) is 0 Å². The van der Waals surface area contributed by atoms with Gasteiger partial charge >= 0.3 is 0 Å². The van der Waals surface area contributed by atoms with Crippen LogP contribution in [-0.2, 0) is 23.8 Å². The highest BCUT2D eigenvalue weighted by atomic mass is 32.2. The van der Waals surface area contributed by atoms with Gasteiger partial charge in [-0.25, -0.2) is 0 Å². The van der Waals surface area contributed by atoms with E-state index in [4.69, 9.17) is 13.7 Å². The van der Waals surface area contributed by atoms with Crippen LogP contribution in [0.15, 0.2) is 29.2 Å². The Labute approximate surface area is 247 Å². The molecule has 0 aromatic heterocycles. The predicted molar refractivity (Wildman–Crippen MR) is 156 cm³/mol. The predicted octanol–water partition coefficient (Wildman–Crippen LogP) is 6.49. The molecule has 6 aliphatic rings. The molecule has 0 unspecified atom stereocenters. The summed E-state index contributed by atoms with van der Waals surface area (Å²) in [6.07, 6.45) is 8.17. The number of aliphatic hydroxyl groups is 1. The van der Waals surface area contributed by atoms with Gasteiger partial charge in [0.25, 0.3) is 10.1 Å². The van der Waals surface area contributed by atoms with E-state index in [0.29, 0.717) is 41.9 Å². The van der Waals surface area contributed by atoms with Crippen LogP contribution in [0, 0.1) is 59.2 Å². The summed E-state index contributed by atoms with van der Waals surface area (Å²) in [5.41, 5.74) is 1.24. The third-order valence-corrected chi connectivity index (χ3v) is 14.8. The highest BCUT2D eigenvalue weighted by Crippen LogP contribution is 2.71. The first-order chi connectivity index (χ1) is 19.4. The number of hydrogen-bond donors (Lipinski definition) is 1. The van der Waals surface area contributed by atoms with E-state index in [-0.39, 0.29) is 33.9 Å². The van der Waals surface area contributed by atoms with E-state index < -0.39 is 22.0 Å². The summed E-state index contributed by atoms with van der Waals surface area (Å²) in [4.78, 5) is 0.213. The minimum atomic E-state index is -3.83. The van der Waals surface area contributed by atoms with Crippen molar-refractivity contribution in [3.05, 3.63) is 29.8 Å². The van der Waals surface area contributed by atoms with Crippen molar-refractivity contribution in [2.24, 2.45) is 52.3 Å². The first-order valence-electron chi connectivity index (χ1n) is 16.4. The zero-order valence-electron chi connectivity index (χ0n) is 25.6. The van der Waals surface area contributed by atoms with Crippen molar-refractivity contribution in [3.63, 3.8) is 0 Å². The summed E-state index contributed by atoms with van der Waals surface area (Å²) in [6.45, 7) is 12.3. The summed E-state index contributed by atoms with van der Waals surface area (Å²) >= 11 is 0. The van der Waals surface area contributed by atoms with Crippen molar-refractivity contribution in [3.8, 4) is 0 Å². The van der Waals surface area contributed by atoms with Crippen LogP contribution in [-0.4, -0.2) is 44.2 Å². The van der Waals surface area contributed by atoms with Gasteiger partial charge in [-0.15, -0.1) is 0 Å². The molecule has 0 bridgehead atoms. The zero-order valence-corrected chi connectivity index (χ0v) is 26.4. The Balaban J connectivity index is 1.08. The number of fused-ring (bicyclic) bond motifs is 7. The maximum atomic E-state index is 13.1. The molecule has 2 heterocycles. The molecule has 1 aromatic carbocycles. The van der Waals surface area contributed by atoms with Crippen molar-refractivity contribution in [1.82, 2.24) is 0 Å². The molecule has 41 heavy (non-hydrogen) atoms. The number of hydrogen-bond acceptors (Lipinski definition) is 6. The average Bonchev–Trinajstić information content (AvgIpc) is 3.37. The Morgan fingerprint density at radius 1 is 0.902 bits per heavy atom. The quantitative estimate of drug-likeness (QED) is 0.408. The van der Waals surface area contributed by atoms with Crippen LogP contribution in [0.1, 0.15) is 91.0 Å². The van der Waals surface area contributed by atoms with Gasteiger partial charge in [-0.1, -0.05) is 45.4 Å². The van der Waals surface area contributed by atoms with Crippen molar-refractivity contribution < 1.29 is 27.2 Å². The molecule has 0 amide bonds. The highest BCUT2D eigenvalue weighted by Gasteiger charge is 2.69. The van der Waals surface area contributed by atoms with E-state index in [1.807, 2.05) is 19.1 Å². The van der Waals surface area contributed by atoms with E-state index in [1.54, 1.807) is 12.1 Å². The molecule has 4 saturated carbocycles. The fraction of sp³-hybridized carbons (Fsp3) is 0.824. The fourth-order valence-electron chi connectivity index (χ4n) is 11.3. The van der Waals surface area contributed by atoms with Crippen molar-refractivity contribution >= 4 is 10.1 Å². The van der Waals surface area contributed by atoms with Crippen molar-refractivity contribution in [2.45, 2.75) is 121 Å². The molecule has 4 aliphatic carbocycles. The Kier molecular flexibility index (Phi) is 6.84. The smallest absolute Gasteiger partial charge is 0.297 e. The number of rotatable bonds is 3. The molecule has 2 saturated heterocycles. The van der Waals surface area contributed by atoms with Gasteiger partial charge in [0.1, 0.15) is 0 Å². The molecule has 1 N–H and O–H groups in total. The minimum Gasteiger partial charge on any atom is -0.393 e. The fourth-order valence-corrected chi connectivity index (χ4v) is 12.4. The van der Waals surface area contributed by atoms with Crippen LogP contribution >= 0.6 is 0 Å². The van der Waals surface area contributed by atoms with Gasteiger partial charge in [0.15, 0.2) is 5.79 Å². The zero-order chi connectivity index (χ0) is 28.9. The molecule has 13 atom stereocenters. The van der Waals surface area contributed by atoms with Gasteiger partial charge < -0.3 is 14.6 Å². The van der Waals surface area contributed by atoms with Gasteiger partial charge in [0.2, 0.25) is 0 Å². The van der Waals surface area contributed by atoms with Gasteiger partial charge in [-0.2, -0.15) is 8.42 Å². The lowest BCUT2D eigenvalue weighted by molar-refractivity contribution is -0.273. The summed E-state index contributed by atoms with van der Waals surface area (Å²) in [5.74, 6) is 2.79. The molecule has 6 fully saturated rings. The topological polar surface area (TPSA) is 82.1 Å². The third kappa shape index (κ3) is 4.34. The van der Waals surface area contributed by atoms with Crippen LogP contribution < -0.4 is 0 Å². The molecule has 7 rings (SSSR count). The molecular weight excluding hydrogens is 536 g/mol. The molecular formula is C34H50O6S. The normalized spacial score (nSPS) is 51.1. The van der Waals surface area contributed by atoms with Crippen LogP contribution in [0.2, 0.25) is 0 Å². The highest BCUT2D eigenvalue weighted by molar-refractivity contribution is 7.86. The first kappa shape index (κ1) is 28.8. The lowest BCUT2D eigenvalue weighted by atomic mass is 9.43. The van der Waals surface area contributed by atoms with E-state index in [1.165, 1.54) is 19.3 Å². The number of aliphatic hydroxyl groups excluding tert-OH is 1. The standard InChI is InChI=1S/C34H50O6S/c1-20-6-8-24(9-7-20)41(36,37)40-23-11-13-32(4)26-12-14-33(5)27(25(26)17-29(35)28(32)16-23)18-30-31(33)22(3)34(39-30)15-10-21(2)19-38-34/h6-9,21-23,25-31,35H,10-19H2,1-5H3/t21-,22+,23+,25-,26+,27+,28-,29+,30+,31+,32-,33+,34-/m1/s1. The summed E-state index contributed by atoms with van der Waals surface area (Å²) in [6, 6.07) is 6.87. The summed E-state index contributed by atoms with van der Waals surface area (Å²) in [5, 5.41) is 11.7. The largest absolute Gasteiger partial charge is 0.393 e. The molecule has 1 spiro atoms. The molecule has 2 aliphatic heterocycles. The van der Waals surface area contributed by atoms with Gasteiger partial charge in [0, 0.05) is 12.3 Å². The van der Waals surface area contributed by atoms with Crippen LogP contribution in [0.5, 0.6) is 0 Å². The molecule has 228 valence electrons. The molecule has 0 radical (unpaired) electrons. The van der Waals surface area contributed by atoms with Gasteiger partial charge in [-0.05, 0) is 117 Å². The maximum absolute atomic E-state index is 13.1. The Morgan fingerprint density at radius 2 is 1.63 bits per heavy atom. The summed E-state index contributed by atoms with van der Waals surface area (Å²) in [7, 11) is -3.83. The second-order valence-electron chi connectivity index (χ2n) is 15.6. The first-order valence-corrected chi connectivity index (χ1v) is 17.8. The number of aryl methyl sites for hydroxylation is 1. The van der Waals surface area contributed by atoms with Crippen molar-refractivity contribution in [1.29, 1.82) is 0 Å². The van der Waals surface area contributed by atoms with Crippen LogP contribution in [0.25, 0.3) is 0 Å². The van der Waals surface area contributed by atoms with E-state index in [0.717, 1.165) is 44.3 Å². The molecule has 1 aromatic rings.